The molecule has 17 heavy (non-hydrogen) atoms. The second-order valence-corrected chi connectivity index (χ2v) is 4.20. The van der Waals surface area contributed by atoms with E-state index in [1.165, 1.54) is 7.05 Å². The fourth-order valence-electron chi connectivity index (χ4n) is 1.66. The van der Waals surface area contributed by atoms with Gasteiger partial charge in [0.2, 0.25) is 5.91 Å². The molecule has 1 N–H and O–H groups in total. The van der Waals surface area contributed by atoms with Crippen molar-refractivity contribution < 1.29 is 18.0 Å². The normalized spacial score (nSPS) is 18.1. The first-order valence-electron chi connectivity index (χ1n) is 5.62. The highest BCUT2D eigenvalue weighted by Crippen LogP contribution is 2.20. The first kappa shape index (κ1) is 14.2. The lowest BCUT2D eigenvalue weighted by Gasteiger charge is -2.29. The van der Waals surface area contributed by atoms with Gasteiger partial charge in [-0.2, -0.15) is 13.2 Å². The molecule has 0 saturated carbocycles. The molecule has 0 unspecified atom stereocenters. The number of hydrogen-bond acceptors (Lipinski definition) is 3. The monoisotopic (exact) mass is 253 g/mol. The van der Waals surface area contributed by atoms with E-state index in [1.807, 2.05) is 0 Å². The van der Waals surface area contributed by atoms with E-state index >= 15 is 0 Å². The second-order valence-electron chi connectivity index (χ2n) is 4.20. The fraction of sp³-hybridized carbons (Fsp3) is 0.900. The van der Waals surface area contributed by atoms with Gasteiger partial charge in [-0.25, -0.2) is 0 Å². The largest absolute Gasteiger partial charge is 0.397 e. The highest BCUT2D eigenvalue weighted by Gasteiger charge is 2.32. The number of piperazine rings is 1. The number of hydrogen-bond donors (Lipinski definition) is 1. The number of alkyl halides is 3. The van der Waals surface area contributed by atoms with Crippen LogP contribution in [0.25, 0.3) is 0 Å². The first-order valence-corrected chi connectivity index (χ1v) is 5.62. The molecule has 1 saturated heterocycles. The van der Waals surface area contributed by atoms with Gasteiger partial charge in [-0.1, -0.05) is 0 Å². The van der Waals surface area contributed by atoms with Gasteiger partial charge in [-0.05, 0) is 0 Å². The zero-order valence-electron chi connectivity index (χ0n) is 9.89. The maximum atomic E-state index is 12.0. The van der Waals surface area contributed by atoms with Gasteiger partial charge in [-0.15, -0.1) is 0 Å². The lowest BCUT2D eigenvalue weighted by atomic mass is 10.3. The summed E-state index contributed by atoms with van der Waals surface area (Å²) in [6.45, 7) is 4.50. The standard InChI is InChI=1S/C10H18F3N3O/c1-15(9(17)8-10(11,12)13)6-7-16-4-2-14-3-5-16/h14H,2-8H2,1H3. The SMILES string of the molecule is CN(CCN1CCNCC1)C(=O)CC(F)(F)F. The van der Waals surface area contributed by atoms with E-state index in [0.29, 0.717) is 13.1 Å². The fourth-order valence-corrected chi connectivity index (χ4v) is 1.66. The summed E-state index contributed by atoms with van der Waals surface area (Å²) < 4.78 is 36.0. The Morgan fingerprint density at radius 1 is 1.35 bits per heavy atom. The van der Waals surface area contributed by atoms with E-state index in [9.17, 15) is 18.0 Å². The van der Waals surface area contributed by atoms with Crippen molar-refractivity contribution in [2.24, 2.45) is 0 Å². The average Bonchev–Trinajstić information content (AvgIpc) is 2.25. The van der Waals surface area contributed by atoms with Crippen LogP contribution in [-0.4, -0.2) is 68.2 Å². The molecule has 1 aliphatic rings. The van der Waals surface area contributed by atoms with Crippen molar-refractivity contribution >= 4 is 5.91 Å². The Morgan fingerprint density at radius 3 is 2.47 bits per heavy atom. The van der Waals surface area contributed by atoms with Gasteiger partial charge in [0.1, 0.15) is 6.42 Å². The van der Waals surface area contributed by atoms with Crippen molar-refractivity contribution in [1.82, 2.24) is 15.1 Å². The van der Waals surface area contributed by atoms with Crippen LogP contribution in [0.4, 0.5) is 13.2 Å². The maximum absolute atomic E-state index is 12.0. The molecule has 0 aliphatic carbocycles. The van der Waals surface area contributed by atoms with Gasteiger partial charge in [-0.3, -0.25) is 9.69 Å². The van der Waals surface area contributed by atoms with Crippen LogP contribution < -0.4 is 5.32 Å². The van der Waals surface area contributed by atoms with Crippen molar-refractivity contribution in [3.63, 3.8) is 0 Å². The van der Waals surface area contributed by atoms with E-state index < -0.39 is 18.5 Å². The second kappa shape index (κ2) is 6.20. The molecule has 0 aromatic heterocycles. The third-order valence-electron chi connectivity index (χ3n) is 2.74. The number of carbonyl (C=O) groups excluding carboxylic acids is 1. The summed E-state index contributed by atoms with van der Waals surface area (Å²) in [4.78, 5) is 14.5. The van der Waals surface area contributed by atoms with Gasteiger partial charge >= 0.3 is 6.18 Å². The van der Waals surface area contributed by atoms with Crippen molar-refractivity contribution in [1.29, 1.82) is 0 Å². The molecule has 0 aromatic carbocycles. The molecule has 1 heterocycles. The molecule has 0 radical (unpaired) electrons. The van der Waals surface area contributed by atoms with Gasteiger partial charge in [0.15, 0.2) is 0 Å². The Morgan fingerprint density at radius 2 is 1.94 bits per heavy atom. The Kier molecular flexibility index (Phi) is 5.20. The van der Waals surface area contributed by atoms with Crippen LogP contribution in [0.2, 0.25) is 0 Å². The topological polar surface area (TPSA) is 35.6 Å². The molecule has 1 aliphatic heterocycles. The maximum Gasteiger partial charge on any atom is 0.397 e. The molecular formula is C10H18F3N3O. The van der Waals surface area contributed by atoms with Crippen LogP contribution in [0.1, 0.15) is 6.42 Å². The molecular weight excluding hydrogens is 235 g/mol. The molecule has 100 valence electrons. The van der Waals surface area contributed by atoms with Gasteiger partial charge in [0.05, 0.1) is 0 Å². The minimum Gasteiger partial charge on any atom is -0.344 e. The Bertz CT molecular complexity index is 252. The van der Waals surface area contributed by atoms with E-state index in [0.717, 1.165) is 31.1 Å². The summed E-state index contributed by atoms with van der Waals surface area (Å²) in [5.41, 5.74) is 0. The van der Waals surface area contributed by atoms with Gasteiger partial charge < -0.3 is 10.2 Å². The smallest absolute Gasteiger partial charge is 0.344 e. The Hall–Kier alpha value is -0.820. The van der Waals surface area contributed by atoms with E-state index in [2.05, 4.69) is 10.2 Å². The van der Waals surface area contributed by atoms with Crippen LogP contribution in [-0.2, 0) is 4.79 Å². The number of carbonyl (C=O) groups is 1. The van der Waals surface area contributed by atoms with Crippen molar-refractivity contribution in [2.75, 3.05) is 46.3 Å². The lowest BCUT2D eigenvalue weighted by Crippen LogP contribution is -2.46. The molecule has 0 aromatic rings. The lowest BCUT2D eigenvalue weighted by molar-refractivity contribution is -0.160. The summed E-state index contributed by atoms with van der Waals surface area (Å²) in [6.07, 6.45) is -5.79. The van der Waals surface area contributed by atoms with Gasteiger partial charge in [0, 0.05) is 46.3 Å². The zero-order chi connectivity index (χ0) is 12.9. The Labute approximate surface area is 98.7 Å². The predicted octanol–water partition coefficient (Wildman–Crippen LogP) is 0.302. The molecule has 1 rings (SSSR count). The molecule has 4 nitrogen and oxygen atoms in total. The molecule has 0 bridgehead atoms. The molecule has 7 heteroatoms. The number of likely N-dealkylation sites (N-methyl/N-ethyl adjacent to an activating group) is 1. The van der Waals surface area contributed by atoms with Crippen LogP contribution in [0.15, 0.2) is 0 Å². The first-order chi connectivity index (χ1) is 7.88. The minimum atomic E-state index is -4.42. The molecule has 1 amide bonds. The van der Waals surface area contributed by atoms with Crippen molar-refractivity contribution in [3.05, 3.63) is 0 Å². The van der Waals surface area contributed by atoms with Crippen LogP contribution in [0.3, 0.4) is 0 Å². The van der Waals surface area contributed by atoms with Crippen molar-refractivity contribution in [2.45, 2.75) is 12.6 Å². The summed E-state index contributed by atoms with van der Waals surface area (Å²) in [5.74, 6) is -0.868. The van der Waals surface area contributed by atoms with Crippen LogP contribution >= 0.6 is 0 Å². The summed E-state index contributed by atoms with van der Waals surface area (Å²) in [6, 6.07) is 0. The molecule has 0 atom stereocenters. The highest BCUT2D eigenvalue weighted by atomic mass is 19.4. The quantitative estimate of drug-likeness (QED) is 0.783. The minimum absolute atomic E-state index is 0.342. The summed E-state index contributed by atoms with van der Waals surface area (Å²) >= 11 is 0. The summed E-state index contributed by atoms with van der Waals surface area (Å²) in [7, 11) is 1.41. The van der Waals surface area contributed by atoms with Crippen LogP contribution in [0, 0.1) is 0 Å². The summed E-state index contributed by atoms with van der Waals surface area (Å²) in [5, 5.41) is 3.19. The highest BCUT2D eigenvalue weighted by molar-refractivity contribution is 5.76. The zero-order valence-corrected chi connectivity index (χ0v) is 9.89. The average molecular weight is 253 g/mol. The van der Waals surface area contributed by atoms with E-state index in [4.69, 9.17) is 0 Å². The number of nitrogens with one attached hydrogen (secondary N) is 1. The number of amides is 1. The van der Waals surface area contributed by atoms with Gasteiger partial charge in [0.25, 0.3) is 0 Å². The third-order valence-corrected chi connectivity index (χ3v) is 2.74. The predicted molar refractivity (Wildman–Crippen MR) is 57.6 cm³/mol. The number of halogens is 3. The molecule has 0 spiro atoms. The van der Waals surface area contributed by atoms with Crippen molar-refractivity contribution in [3.8, 4) is 0 Å². The Balaban J connectivity index is 2.23. The van der Waals surface area contributed by atoms with Crippen LogP contribution in [0.5, 0.6) is 0 Å². The number of nitrogens with zero attached hydrogens (tertiary/aromatic N) is 2. The van der Waals surface area contributed by atoms with E-state index in [1.54, 1.807) is 0 Å². The number of rotatable bonds is 4. The van der Waals surface area contributed by atoms with E-state index in [-0.39, 0.29) is 0 Å². The third kappa shape index (κ3) is 5.88. The molecule has 1 fully saturated rings.